The van der Waals surface area contributed by atoms with Gasteiger partial charge in [0.25, 0.3) is 0 Å². The summed E-state index contributed by atoms with van der Waals surface area (Å²) in [6.45, 7) is 5.01. The highest BCUT2D eigenvalue weighted by molar-refractivity contribution is 9.12. The fourth-order valence-corrected chi connectivity index (χ4v) is 7.51. The summed E-state index contributed by atoms with van der Waals surface area (Å²) in [7, 11) is 0. The van der Waals surface area contributed by atoms with E-state index >= 15 is 0 Å². The summed E-state index contributed by atoms with van der Waals surface area (Å²) in [6, 6.07) is 0. The van der Waals surface area contributed by atoms with E-state index in [-0.39, 0.29) is 0 Å². The molecule has 3 atom stereocenters. The van der Waals surface area contributed by atoms with Crippen molar-refractivity contribution in [2.24, 2.45) is 16.7 Å². The standard InChI is InChI=1S/C12H18Br2/c1-10-3-8-4-11(2,5-10)7-12(14,6-10)9(8)13/h8-9H,3-7H2,1-2H3. The van der Waals surface area contributed by atoms with Gasteiger partial charge in [-0.25, -0.2) is 0 Å². The van der Waals surface area contributed by atoms with Gasteiger partial charge >= 0.3 is 0 Å². The lowest BCUT2D eigenvalue weighted by Gasteiger charge is -2.65. The van der Waals surface area contributed by atoms with Gasteiger partial charge in [0, 0.05) is 9.15 Å². The predicted molar refractivity (Wildman–Crippen MR) is 67.2 cm³/mol. The quantitative estimate of drug-likeness (QED) is 0.576. The van der Waals surface area contributed by atoms with Crippen molar-refractivity contribution in [3.05, 3.63) is 0 Å². The van der Waals surface area contributed by atoms with Gasteiger partial charge in [-0.1, -0.05) is 45.7 Å². The van der Waals surface area contributed by atoms with Crippen molar-refractivity contribution >= 4 is 31.9 Å². The van der Waals surface area contributed by atoms with E-state index in [2.05, 4.69) is 45.7 Å². The van der Waals surface area contributed by atoms with E-state index in [4.69, 9.17) is 0 Å². The van der Waals surface area contributed by atoms with E-state index in [1.165, 1.54) is 32.1 Å². The maximum atomic E-state index is 4.05. The number of halogens is 2. The summed E-state index contributed by atoms with van der Waals surface area (Å²) >= 11 is 7.98. The van der Waals surface area contributed by atoms with Crippen LogP contribution in [0.4, 0.5) is 0 Å². The van der Waals surface area contributed by atoms with E-state index in [0.717, 1.165) is 10.7 Å². The molecule has 3 unspecified atom stereocenters. The molecule has 4 bridgehead atoms. The monoisotopic (exact) mass is 320 g/mol. The first-order valence-corrected chi connectivity index (χ1v) is 7.38. The lowest BCUT2D eigenvalue weighted by atomic mass is 9.45. The second-order valence-electron chi connectivity index (χ2n) is 6.76. The van der Waals surface area contributed by atoms with Crippen molar-refractivity contribution in [1.29, 1.82) is 0 Å². The van der Waals surface area contributed by atoms with E-state index in [9.17, 15) is 0 Å². The summed E-state index contributed by atoms with van der Waals surface area (Å²) in [4.78, 5) is 0.719. The molecule has 4 fully saturated rings. The second-order valence-corrected chi connectivity index (χ2v) is 9.32. The van der Waals surface area contributed by atoms with Crippen LogP contribution in [0.25, 0.3) is 0 Å². The SMILES string of the molecule is CC12CC3CC(C)(C1)CC(Br)(C2)C3Br. The van der Waals surface area contributed by atoms with Crippen molar-refractivity contribution in [2.45, 2.75) is 55.1 Å². The zero-order chi connectivity index (χ0) is 10.2. The Morgan fingerprint density at radius 3 is 1.93 bits per heavy atom. The van der Waals surface area contributed by atoms with Crippen LogP contribution in [-0.2, 0) is 0 Å². The Balaban J connectivity index is 2.06. The smallest absolute Gasteiger partial charge is 0.0395 e. The number of hydrogen-bond acceptors (Lipinski definition) is 0. The molecule has 14 heavy (non-hydrogen) atoms. The summed E-state index contributed by atoms with van der Waals surface area (Å²) in [6.07, 6.45) is 7.12. The van der Waals surface area contributed by atoms with Gasteiger partial charge in [0.2, 0.25) is 0 Å². The van der Waals surface area contributed by atoms with Gasteiger partial charge in [-0.15, -0.1) is 0 Å². The summed E-state index contributed by atoms with van der Waals surface area (Å²) < 4.78 is 0.413. The third kappa shape index (κ3) is 1.22. The molecule has 0 aromatic rings. The maximum Gasteiger partial charge on any atom is 0.0395 e. The maximum absolute atomic E-state index is 4.05. The Labute approximate surface area is 103 Å². The Morgan fingerprint density at radius 1 is 1.00 bits per heavy atom. The van der Waals surface area contributed by atoms with E-state index in [0.29, 0.717) is 15.2 Å². The molecule has 0 aromatic heterocycles. The number of hydrogen-bond donors (Lipinski definition) is 0. The molecule has 0 radical (unpaired) electrons. The van der Waals surface area contributed by atoms with Crippen LogP contribution in [0.1, 0.15) is 46.0 Å². The van der Waals surface area contributed by atoms with E-state index < -0.39 is 0 Å². The molecular weight excluding hydrogens is 304 g/mol. The molecule has 0 spiro atoms. The third-order valence-electron chi connectivity index (χ3n) is 4.71. The molecule has 4 aliphatic carbocycles. The highest BCUT2D eigenvalue weighted by Crippen LogP contribution is 2.70. The third-order valence-corrected chi connectivity index (χ3v) is 8.01. The molecule has 0 aliphatic heterocycles. The average molecular weight is 322 g/mol. The first kappa shape index (κ1) is 10.1. The molecule has 2 heteroatoms. The minimum absolute atomic E-state index is 0.413. The Bertz CT molecular complexity index is 268. The van der Waals surface area contributed by atoms with E-state index in [1.807, 2.05) is 0 Å². The van der Waals surface area contributed by atoms with Crippen molar-refractivity contribution in [1.82, 2.24) is 0 Å². The molecule has 80 valence electrons. The minimum Gasteiger partial charge on any atom is -0.0872 e. The van der Waals surface area contributed by atoms with Gasteiger partial charge in [0.05, 0.1) is 0 Å². The number of alkyl halides is 2. The van der Waals surface area contributed by atoms with Gasteiger partial charge in [-0.2, -0.15) is 0 Å². The Morgan fingerprint density at radius 2 is 1.50 bits per heavy atom. The van der Waals surface area contributed by atoms with Gasteiger partial charge in [0.15, 0.2) is 0 Å². The minimum atomic E-state index is 0.413. The lowest BCUT2D eigenvalue weighted by Crippen LogP contribution is -2.61. The highest BCUT2D eigenvalue weighted by Gasteiger charge is 2.63. The highest BCUT2D eigenvalue weighted by atomic mass is 79.9. The van der Waals surface area contributed by atoms with Gasteiger partial charge in [0.1, 0.15) is 0 Å². The zero-order valence-corrected chi connectivity index (χ0v) is 12.1. The van der Waals surface area contributed by atoms with Crippen LogP contribution in [0.2, 0.25) is 0 Å². The molecule has 0 nitrogen and oxygen atoms in total. The average Bonchev–Trinajstić information content (AvgIpc) is 1.94. The first-order valence-electron chi connectivity index (χ1n) is 5.67. The molecule has 0 aromatic carbocycles. The van der Waals surface area contributed by atoms with Crippen molar-refractivity contribution in [3.8, 4) is 0 Å². The van der Waals surface area contributed by atoms with Crippen LogP contribution < -0.4 is 0 Å². The molecule has 4 aliphatic rings. The molecule has 4 saturated carbocycles. The lowest BCUT2D eigenvalue weighted by molar-refractivity contribution is -0.0696. The fraction of sp³-hybridized carbons (Fsp3) is 1.00. The normalized spacial score (nSPS) is 66.0. The molecule has 0 saturated heterocycles. The van der Waals surface area contributed by atoms with Crippen molar-refractivity contribution in [2.75, 3.05) is 0 Å². The Hall–Kier alpha value is 0.960. The van der Waals surface area contributed by atoms with Crippen LogP contribution in [-0.4, -0.2) is 9.15 Å². The van der Waals surface area contributed by atoms with Gasteiger partial charge < -0.3 is 0 Å². The van der Waals surface area contributed by atoms with Crippen LogP contribution in [0.3, 0.4) is 0 Å². The van der Waals surface area contributed by atoms with Crippen LogP contribution in [0, 0.1) is 16.7 Å². The topological polar surface area (TPSA) is 0 Å². The molecule has 0 heterocycles. The summed E-state index contributed by atoms with van der Waals surface area (Å²) in [5.74, 6) is 0.917. The summed E-state index contributed by atoms with van der Waals surface area (Å²) in [5, 5.41) is 0. The van der Waals surface area contributed by atoms with Crippen LogP contribution in [0.15, 0.2) is 0 Å². The fourth-order valence-electron chi connectivity index (χ4n) is 5.09. The first-order chi connectivity index (χ1) is 6.34. The molecule has 0 N–H and O–H groups in total. The second kappa shape index (κ2) is 2.61. The van der Waals surface area contributed by atoms with Gasteiger partial charge in [-0.05, 0) is 48.9 Å². The van der Waals surface area contributed by atoms with E-state index in [1.54, 1.807) is 0 Å². The zero-order valence-electron chi connectivity index (χ0n) is 8.95. The number of rotatable bonds is 0. The molecular formula is C12H18Br2. The predicted octanol–water partition coefficient (Wildman–Crippen LogP) is 4.50. The molecule has 0 amide bonds. The van der Waals surface area contributed by atoms with Crippen LogP contribution >= 0.6 is 31.9 Å². The summed E-state index contributed by atoms with van der Waals surface area (Å²) in [5.41, 5.74) is 1.26. The van der Waals surface area contributed by atoms with Crippen LogP contribution in [0.5, 0.6) is 0 Å². The largest absolute Gasteiger partial charge is 0.0872 e. The van der Waals surface area contributed by atoms with Crippen molar-refractivity contribution in [3.63, 3.8) is 0 Å². The molecule has 4 rings (SSSR count). The van der Waals surface area contributed by atoms with Crippen molar-refractivity contribution < 1.29 is 0 Å². The van der Waals surface area contributed by atoms with Gasteiger partial charge in [-0.3, -0.25) is 0 Å². The Kier molecular flexibility index (Phi) is 1.89.